The molecule has 0 spiro atoms. The maximum Gasteiger partial charge on any atom is 0.241 e. The molecule has 0 fully saturated rings. The van der Waals surface area contributed by atoms with Crippen molar-refractivity contribution in [3.63, 3.8) is 0 Å². The van der Waals surface area contributed by atoms with Gasteiger partial charge in [-0.1, -0.05) is 27.7 Å². The van der Waals surface area contributed by atoms with Crippen LogP contribution in [0.25, 0.3) is 0 Å². The van der Waals surface area contributed by atoms with Crippen LogP contribution in [0.3, 0.4) is 0 Å². The van der Waals surface area contributed by atoms with Crippen molar-refractivity contribution in [2.45, 2.75) is 53.7 Å². The van der Waals surface area contributed by atoms with E-state index in [2.05, 4.69) is 5.32 Å². The number of hydrogen-bond donors (Lipinski definition) is 1. The summed E-state index contributed by atoms with van der Waals surface area (Å²) in [5.41, 5.74) is 0.435. The largest absolute Gasteiger partial charge is 0.491 e. The van der Waals surface area contributed by atoms with Crippen molar-refractivity contribution in [3.05, 3.63) is 24.3 Å². The number of rotatable bonds is 9. The molecule has 1 aromatic rings. The number of ether oxygens (including phenoxy) is 1. The summed E-state index contributed by atoms with van der Waals surface area (Å²) in [6.45, 7) is 11.7. The van der Waals surface area contributed by atoms with Crippen LogP contribution >= 0.6 is 0 Å². The van der Waals surface area contributed by atoms with Crippen molar-refractivity contribution < 1.29 is 17.9 Å². The molecule has 0 heterocycles. The predicted molar refractivity (Wildman–Crippen MR) is 106 cm³/mol. The maximum atomic E-state index is 12.5. The fourth-order valence-electron chi connectivity index (χ4n) is 2.83. The van der Waals surface area contributed by atoms with Crippen LogP contribution in [0, 0.1) is 11.8 Å². The van der Waals surface area contributed by atoms with Crippen molar-refractivity contribution in [3.8, 4) is 5.75 Å². The summed E-state index contributed by atoms with van der Waals surface area (Å²) >= 11 is 0. The van der Waals surface area contributed by atoms with E-state index in [-0.39, 0.29) is 36.4 Å². The molecule has 0 saturated heterocycles. The minimum Gasteiger partial charge on any atom is -0.491 e. The van der Waals surface area contributed by atoms with E-state index in [1.165, 1.54) is 0 Å². The molecule has 6 nitrogen and oxygen atoms in total. The smallest absolute Gasteiger partial charge is 0.241 e. The molecule has 0 atom stereocenters. The van der Waals surface area contributed by atoms with E-state index < -0.39 is 10.0 Å². The molecular formula is C19H32N2O4S. The Morgan fingerprint density at radius 3 is 1.92 bits per heavy atom. The highest BCUT2D eigenvalue weighted by Crippen LogP contribution is 2.22. The third-order valence-corrected chi connectivity index (χ3v) is 5.09. The fraction of sp³-hybridized carbons (Fsp3) is 0.632. The van der Waals surface area contributed by atoms with Gasteiger partial charge in [-0.3, -0.25) is 9.10 Å². The van der Waals surface area contributed by atoms with Crippen molar-refractivity contribution in [1.82, 2.24) is 5.32 Å². The van der Waals surface area contributed by atoms with E-state index in [4.69, 9.17) is 4.74 Å². The summed E-state index contributed by atoms with van der Waals surface area (Å²) < 4.78 is 31.1. The molecule has 0 aliphatic rings. The Morgan fingerprint density at radius 1 is 1.04 bits per heavy atom. The lowest BCUT2D eigenvalue weighted by atomic mass is 9.93. The first-order valence-electron chi connectivity index (χ1n) is 8.95. The van der Waals surface area contributed by atoms with E-state index in [0.29, 0.717) is 11.4 Å². The lowest BCUT2D eigenvalue weighted by molar-refractivity contribution is -0.121. The minimum atomic E-state index is -3.59. The van der Waals surface area contributed by atoms with Crippen LogP contribution in [-0.4, -0.2) is 39.3 Å². The van der Waals surface area contributed by atoms with Crippen LogP contribution in [-0.2, 0) is 14.8 Å². The first-order valence-corrected chi connectivity index (χ1v) is 10.8. The quantitative estimate of drug-likeness (QED) is 0.710. The molecule has 1 rings (SSSR count). The van der Waals surface area contributed by atoms with E-state index in [0.717, 1.165) is 10.6 Å². The number of carbonyl (C=O) groups excluding carboxylic acids is 1. The maximum absolute atomic E-state index is 12.5. The highest BCUT2D eigenvalue weighted by Gasteiger charge is 2.24. The van der Waals surface area contributed by atoms with Gasteiger partial charge in [-0.25, -0.2) is 8.42 Å². The summed E-state index contributed by atoms with van der Waals surface area (Å²) in [7, 11) is -3.59. The second-order valence-electron chi connectivity index (χ2n) is 7.51. The zero-order valence-corrected chi connectivity index (χ0v) is 17.6. The molecule has 0 aliphatic heterocycles. The molecule has 0 radical (unpaired) electrons. The van der Waals surface area contributed by atoms with Gasteiger partial charge in [0, 0.05) is 6.04 Å². The summed E-state index contributed by atoms with van der Waals surface area (Å²) in [6, 6.07) is 6.70. The number of hydrogen-bond acceptors (Lipinski definition) is 4. The Balaban J connectivity index is 2.96. The molecule has 26 heavy (non-hydrogen) atoms. The summed E-state index contributed by atoms with van der Waals surface area (Å²) in [4.78, 5) is 12.5. The highest BCUT2D eigenvalue weighted by molar-refractivity contribution is 7.92. The molecular weight excluding hydrogens is 352 g/mol. The number of sulfonamides is 1. The first-order chi connectivity index (χ1) is 11.9. The van der Waals surface area contributed by atoms with E-state index in [1.54, 1.807) is 24.3 Å². The molecule has 1 N–H and O–H groups in total. The highest BCUT2D eigenvalue weighted by atomic mass is 32.2. The van der Waals surface area contributed by atoms with Gasteiger partial charge >= 0.3 is 0 Å². The van der Waals surface area contributed by atoms with Gasteiger partial charge < -0.3 is 10.1 Å². The lowest BCUT2D eigenvalue weighted by Gasteiger charge is -2.28. The summed E-state index contributed by atoms with van der Waals surface area (Å²) in [5.74, 6) is 0.864. The molecule has 1 aromatic carbocycles. The van der Waals surface area contributed by atoms with Crippen LogP contribution < -0.4 is 14.4 Å². The van der Waals surface area contributed by atoms with Gasteiger partial charge in [0.05, 0.1) is 18.0 Å². The Kier molecular flexibility index (Phi) is 7.93. The number of anilines is 1. The molecule has 148 valence electrons. The second-order valence-corrected chi connectivity index (χ2v) is 9.42. The van der Waals surface area contributed by atoms with Crippen LogP contribution in [0.15, 0.2) is 24.3 Å². The van der Waals surface area contributed by atoms with Crippen LogP contribution in [0.4, 0.5) is 5.69 Å². The summed E-state index contributed by atoms with van der Waals surface area (Å²) in [6.07, 6.45) is 1.13. The van der Waals surface area contributed by atoms with E-state index in [9.17, 15) is 13.2 Å². The molecule has 1 amide bonds. The fourth-order valence-corrected chi connectivity index (χ4v) is 3.68. The number of carbonyl (C=O) groups is 1. The third kappa shape index (κ3) is 6.86. The normalized spacial score (nSPS) is 12.1. The minimum absolute atomic E-state index is 0.00859. The van der Waals surface area contributed by atoms with Crippen molar-refractivity contribution >= 4 is 21.6 Å². The molecule has 0 saturated carbocycles. The van der Waals surface area contributed by atoms with Gasteiger partial charge in [-0.15, -0.1) is 0 Å². The van der Waals surface area contributed by atoms with Crippen LogP contribution in [0.1, 0.15) is 41.5 Å². The molecule has 0 bridgehead atoms. The predicted octanol–water partition coefficient (Wildman–Crippen LogP) is 3.04. The monoisotopic (exact) mass is 384 g/mol. The third-order valence-electron chi connectivity index (χ3n) is 3.95. The SMILES string of the molecule is CC(C)Oc1ccc(N(CC(=O)NC(C(C)C)C(C)C)S(C)(=O)=O)cc1. The van der Waals surface area contributed by atoms with E-state index in [1.807, 2.05) is 41.5 Å². The molecule has 0 unspecified atom stereocenters. The van der Waals surface area contributed by atoms with Crippen LogP contribution in [0.2, 0.25) is 0 Å². The van der Waals surface area contributed by atoms with Crippen molar-refractivity contribution in [2.75, 3.05) is 17.1 Å². The van der Waals surface area contributed by atoms with Crippen LogP contribution in [0.5, 0.6) is 5.75 Å². The van der Waals surface area contributed by atoms with Gasteiger partial charge in [-0.05, 0) is 49.9 Å². The number of nitrogens with zero attached hydrogens (tertiary/aromatic N) is 1. The van der Waals surface area contributed by atoms with Gasteiger partial charge in [0.1, 0.15) is 12.3 Å². The zero-order valence-electron chi connectivity index (χ0n) is 16.8. The Morgan fingerprint density at radius 2 is 1.54 bits per heavy atom. The number of nitrogens with one attached hydrogen (secondary N) is 1. The van der Waals surface area contributed by atoms with E-state index >= 15 is 0 Å². The van der Waals surface area contributed by atoms with Gasteiger partial charge in [0.2, 0.25) is 15.9 Å². The standard InChI is InChI=1S/C19H32N2O4S/c1-13(2)19(14(3)4)20-18(22)12-21(26(7,23)24)16-8-10-17(11-9-16)25-15(5)6/h8-11,13-15,19H,12H2,1-7H3,(H,20,22). The second kappa shape index (κ2) is 9.26. The van der Waals surface area contributed by atoms with Gasteiger partial charge in [0.15, 0.2) is 0 Å². The number of amides is 1. The van der Waals surface area contributed by atoms with Crippen molar-refractivity contribution in [1.29, 1.82) is 0 Å². The number of benzene rings is 1. The average Bonchev–Trinajstić information content (AvgIpc) is 2.49. The average molecular weight is 385 g/mol. The Labute approximate surface area is 158 Å². The lowest BCUT2D eigenvalue weighted by Crippen LogP contribution is -2.47. The van der Waals surface area contributed by atoms with Gasteiger partial charge in [-0.2, -0.15) is 0 Å². The van der Waals surface area contributed by atoms with Crippen molar-refractivity contribution in [2.24, 2.45) is 11.8 Å². The molecule has 7 heteroatoms. The topological polar surface area (TPSA) is 75.7 Å². The Hall–Kier alpha value is -1.76. The molecule has 0 aliphatic carbocycles. The summed E-state index contributed by atoms with van der Waals surface area (Å²) in [5, 5.41) is 2.96. The zero-order chi connectivity index (χ0) is 20.1. The molecule has 0 aromatic heterocycles. The first kappa shape index (κ1) is 22.3. The van der Waals surface area contributed by atoms with Gasteiger partial charge in [0.25, 0.3) is 0 Å². The Bertz CT molecular complexity index is 674.